The van der Waals surface area contributed by atoms with Crippen LogP contribution in [0.15, 0.2) is 24.3 Å². The van der Waals surface area contributed by atoms with Crippen LogP contribution in [-0.4, -0.2) is 68.7 Å². The van der Waals surface area contributed by atoms with Crippen LogP contribution in [0.4, 0.5) is 0 Å². The van der Waals surface area contributed by atoms with Gasteiger partial charge in [0, 0.05) is 80.8 Å². The van der Waals surface area contributed by atoms with E-state index in [-0.39, 0.29) is 5.91 Å². The molecule has 0 saturated carbocycles. The molecule has 2 aliphatic rings. The van der Waals surface area contributed by atoms with Crippen LogP contribution in [0, 0.1) is 0 Å². The Labute approximate surface area is 181 Å². The fourth-order valence-corrected chi connectivity index (χ4v) is 4.42. The molecule has 7 nitrogen and oxygen atoms in total. The van der Waals surface area contributed by atoms with Crippen LogP contribution in [0.2, 0.25) is 5.02 Å². The lowest BCUT2D eigenvalue weighted by atomic mass is 10.0. The average molecular weight is 431 g/mol. The summed E-state index contributed by atoms with van der Waals surface area (Å²) in [6.07, 6.45) is 1.25. The molecule has 30 heavy (non-hydrogen) atoms. The second-order valence-electron chi connectivity index (χ2n) is 8.15. The van der Waals surface area contributed by atoms with E-state index in [0.717, 1.165) is 22.5 Å². The van der Waals surface area contributed by atoms with Crippen LogP contribution in [0.3, 0.4) is 0 Å². The number of aromatic nitrogens is 2. The fourth-order valence-electron chi connectivity index (χ4n) is 4.29. The summed E-state index contributed by atoms with van der Waals surface area (Å²) in [6, 6.07) is 7.53. The van der Waals surface area contributed by atoms with E-state index in [4.69, 9.17) is 16.7 Å². The minimum atomic E-state index is -0.578. The van der Waals surface area contributed by atoms with Crippen LogP contribution in [-0.2, 0) is 29.1 Å². The first-order valence-corrected chi connectivity index (χ1v) is 10.8. The highest BCUT2D eigenvalue weighted by molar-refractivity contribution is 6.30. The highest BCUT2D eigenvalue weighted by Crippen LogP contribution is 2.31. The number of ketones is 1. The molecule has 4 rings (SSSR count). The lowest BCUT2D eigenvalue weighted by Gasteiger charge is -2.29. The fraction of sp³-hybridized carbons (Fsp3) is 0.500. The zero-order chi connectivity index (χ0) is 21.3. The van der Waals surface area contributed by atoms with Gasteiger partial charge in [0.05, 0.1) is 18.3 Å². The Balaban J connectivity index is 1.57. The molecular formula is C22H27ClN4O3. The third-order valence-corrected chi connectivity index (χ3v) is 6.22. The number of hydrogen-bond acceptors (Lipinski definition) is 5. The van der Waals surface area contributed by atoms with Crippen LogP contribution < -0.4 is 0 Å². The predicted octanol–water partition coefficient (Wildman–Crippen LogP) is 2.13. The maximum atomic E-state index is 11.9. The Morgan fingerprint density at radius 2 is 1.83 bits per heavy atom. The number of carbonyl (C=O) groups excluding carboxylic acids is 2. The van der Waals surface area contributed by atoms with Crippen molar-refractivity contribution >= 4 is 23.3 Å². The molecule has 3 heterocycles. The van der Waals surface area contributed by atoms with Gasteiger partial charge in [-0.1, -0.05) is 23.7 Å². The zero-order valence-corrected chi connectivity index (χ0v) is 17.9. The van der Waals surface area contributed by atoms with Crippen molar-refractivity contribution in [3.63, 3.8) is 0 Å². The van der Waals surface area contributed by atoms with Gasteiger partial charge < -0.3 is 10.0 Å². The summed E-state index contributed by atoms with van der Waals surface area (Å²) >= 11 is 6.05. The van der Waals surface area contributed by atoms with Gasteiger partial charge >= 0.3 is 0 Å². The minimum Gasteiger partial charge on any atom is -0.390 e. The molecule has 0 radical (unpaired) electrons. The Bertz CT molecular complexity index is 931. The van der Waals surface area contributed by atoms with Crippen molar-refractivity contribution in [2.45, 2.75) is 45.4 Å². The monoisotopic (exact) mass is 430 g/mol. The number of fused-ring (bicyclic) bond motifs is 1. The molecule has 160 valence electrons. The van der Waals surface area contributed by atoms with Gasteiger partial charge in [-0.2, -0.15) is 5.10 Å². The van der Waals surface area contributed by atoms with E-state index in [1.807, 2.05) is 33.8 Å². The van der Waals surface area contributed by atoms with Gasteiger partial charge in [-0.3, -0.25) is 19.2 Å². The van der Waals surface area contributed by atoms with E-state index >= 15 is 0 Å². The van der Waals surface area contributed by atoms with Gasteiger partial charge in [-0.25, -0.2) is 0 Å². The molecule has 8 heteroatoms. The molecule has 1 atom stereocenters. The largest absolute Gasteiger partial charge is 0.390 e. The number of aliphatic hydroxyl groups excluding tert-OH is 1. The summed E-state index contributed by atoms with van der Waals surface area (Å²) in [5, 5.41) is 16.2. The molecule has 1 fully saturated rings. The van der Waals surface area contributed by atoms with Crippen molar-refractivity contribution in [3.05, 3.63) is 40.5 Å². The first-order valence-electron chi connectivity index (χ1n) is 10.4. The molecule has 1 unspecified atom stereocenters. The first-order chi connectivity index (χ1) is 14.4. The van der Waals surface area contributed by atoms with E-state index in [9.17, 15) is 14.7 Å². The Morgan fingerprint density at radius 3 is 2.50 bits per heavy atom. The van der Waals surface area contributed by atoms with Gasteiger partial charge in [0.1, 0.15) is 5.78 Å². The summed E-state index contributed by atoms with van der Waals surface area (Å²) in [7, 11) is 0. The highest BCUT2D eigenvalue weighted by atomic mass is 35.5. The number of aliphatic hydroxyl groups is 1. The van der Waals surface area contributed by atoms with Crippen LogP contribution >= 0.6 is 11.6 Å². The number of halogens is 1. The minimum absolute atomic E-state index is 0.0511. The van der Waals surface area contributed by atoms with E-state index in [1.165, 1.54) is 0 Å². The summed E-state index contributed by atoms with van der Waals surface area (Å²) in [6.45, 7) is 5.08. The van der Waals surface area contributed by atoms with Crippen molar-refractivity contribution in [1.82, 2.24) is 19.6 Å². The summed E-state index contributed by atoms with van der Waals surface area (Å²) in [4.78, 5) is 27.3. The molecule has 0 aliphatic carbocycles. The SMILES string of the molecule is CC(=O)N1CCc2c(c(-c3ccc(Cl)cc3)nn2CC(O)CN2CCC(=O)CC2)C1. The van der Waals surface area contributed by atoms with Crippen LogP contribution in [0.1, 0.15) is 31.0 Å². The number of hydrogen-bond donors (Lipinski definition) is 1. The lowest BCUT2D eigenvalue weighted by Crippen LogP contribution is -2.40. The number of β-amino-alcohol motifs (C(OH)–C–C–N with tert-alkyl or cyclic N) is 1. The second-order valence-corrected chi connectivity index (χ2v) is 8.58. The predicted molar refractivity (Wildman–Crippen MR) is 114 cm³/mol. The van der Waals surface area contributed by atoms with Crippen molar-refractivity contribution in [2.24, 2.45) is 0 Å². The van der Waals surface area contributed by atoms with Crippen LogP contribution in [0.5, 0.6) is 0 Å². The van der Waals surface area contributed by atoms with Crippen molar-refractivity contribution < 1.29 is 14.7 Å². The molecule has 0 spiro atoms. The standard InChI is InChI=1S/C22H27ClN4O3/c1-15(28)26-11-8-21-20(14-26)22(16-2-4-17(23)5-3-16)24-27(21)13-19(30)12-25-9-6-18(29)7-10-25/h2-5,19,30H,6-14H2,1H3. The van der Waals surface area contributed by atoms with Gasteiger partial charge in [-0.15, -0.1) is 0 Å². The second kappa shape index (κ2) is 8.88. The average Bonchev–Trinajstić information content (AvgIpc) is 3.08. The molecular weight excluding hydrogens is 404 g/mol. The lowest BCUT2D eigenvalue weighted by molar-refractivity contribution is -0.129. The number of piperidine rings is 1. The van der Waals surface area contributed by atoms with Crippen molar-refractivity contribution in [2.75, 3.05) is 26.2 Å². The molecule has 2 aliphatic heterocycles. The van der Waals surface area contributed by atoms with E-state index in [2.05, 4.69) is 4.90 Å². The topological polar surface area (TPSA) is 78.7 Å². The first kappa shape index (κ1) is 21.0. The molecule has 1 amide bonds. The number of likely N-dealkylation sites (tertiary alicyclic amines) is 1. The van der Waals surface area contributed by atoms with E-state index in [1.54, 1.807) is 6.92 Å². The quantitative estimate of drug-likeness (QED) is 0.786. The summed E-state index contributed by atoms with van der Waals surface area (Å²) < 4.78 is 1.90. The molecule has 1 aromatic heterocycles. The Kier molecular flexibility index (Phi) is 6.22. The summed E-state index contributed by atoms with van der Waals surface area (Å²) in [5.74, 6) is 0.347. The maximum Gasteiger partial charge on any atom is 0.219 e. The smallest absolute Gasteiger partial charge is 0.219 e. The molecule has 1 saturated heterocycles. The van der Waals surface area contributed by atoms with E-state index < -0.39 is 6.10 Å². The Morgan fingerprint density at radius 1 is 1.13 bits per heavy atom. The van der Waals surface area contributed by atoms with Crippen molar-refractivity contribution in [1.29, 1.82) is 0 Å². The third-order valence-electron chi connectivity index (χ3n) is 5.96. The molecule has 1 N–H and O–H groups in total. The van der Waals surface area contributed by atoms with Gasteiger partial charge in [0.2, 0.25) is 5.91 Å². The van der Waals surface area contributed by atoms with Gasteiger partial charge in [-0.05, 0) is 12.1 Å². The highest BCUT2D eigenvalue weighted by Gasteiger charge is 2.28. The third kappa shape index (κ3) is 4.58. The maximum absolute atomic E-state index is 11.9. The van der Waals surface area contributed by atoms with Crippen molar-refractivity contribution in [3.8, 4) is 11.3 Å². The number of nitrogens with zero attached hydrogens (tertiary/aromatic N) is 4. The number of carbonyl (C=O) groups is 2. The molecule has 0 bridgehead atoms. The van der Waals surface area contributed by atoms with Crippen LogP contribution in [0.25, 0.3) is 11.3 Å². The zero-order valence-electron chi connectivity index (χ0n) is 17.2. The van der Waals surface area contributed by atoms with E-state index in [0.29, 0.717) is 69.3 Å². The number of rotatable bonds is 5. The number of amides is 1. The summed E-state index contributed by atoms with van der Waals surface area (Å²) in [5.41, 5.74) is 3.90. The normalized spacial score (nSPS) is 18.4. The number of Topliss-reactive ketones (excluding diaryl/α,β-unsaturated/α-hetero) is 1. The van der Waals surface area contributed by atoms with Gasteiger partial charge in [0.15, 0.2) is 0 Å². The molecule has 2 aromatic rings. The molecule has 1 aromatic carbocycles. The number of benzene rings is 1. The Hall–Kier alpha value is -2.22. The van der Waals surface area contributed by atoms with Gasteiger partial charge in [0.25, 0.3) is 0 Å².